The number of amides is 1. The van der Waals surface area contributed by atoms with Crippen molar-refractivity contribution in [3.05, 3.63) is 57.6 Å². The maximum atomic E-state index is 11.7. The van der Waals surface area contributed by atoms with E-state index in [9.17, 15) is 4.79 Å². The van der Waals surface area contributed by atoms with E-state index in [2.05, 4.69) is 34.9 Å². The second kappa shape index (κ2) is 9.78. The third-order valence-corrected chi connectivity index (χ3v) is 6.97. The van der Waals surface area contributed by atoms with Crippen LogP contribution in [0.5, 0.6) is 0 Å². The van der Waals surface area contributed by atoms with E-state index < -0.39 is 0 Å². The van der Waals surface area contributed by atoms with Crippen LogP contribution in [0.2, 0.25) is 10.0 Å². The Balaban J connectivity index is 0.00000256. The van der Waals surface area contributed by atoms with Gasteiger partial charge in [0.2, 0.25) is 5.91 Å². The Morgan fingerprint density at radius 2 is 1.77 bits per heavy atom. The van der Waals surface area contributed by atoms with Crippen LogP contribution in [0.15, 0.2) is 36.4 Å². The number of hydrogen-bond donors (Lipinski definition) is 0. The first-order chi connectivity index (χ1) is 13.9. The zero-order valence-corrected chi connectivity index (χ0v) is 19.7. The quantitative estimate of drug-likeness (QED) is 0.626. The zero-order chi connectivity index (χ0) is 20.5. The van der Waals surface area contributed by atoms with Crippen LogP contribution < -0.4 is 9.80 Å². The number of carbonyl (C=O) groups excluding carboxylic acids is 1. The smallest absolute Gasteiger partial charge is 0.223 e. The molecule has 0 spiro atoms. The molecule has 2 aliphatic heterocycles. The molecule has 162 valence electrons. The van der Waals surface area contributed by atoms with Crippen LogP contribution in [0, 0.1) is 0 Å². The molecule has 2 heterocycles. The minimum absolute atomic E-state index is 0. The van der Waals surface area contributed by atoms with E-state index in [1.54, 1.807) is 6.92 Å². The second-order valence-corrected chi connectivity index (χ2v) is 8.82. The Kier molecular flexibility index (Phi) is 7.56. The number of halogens is 3. The van der Waals surface area contributed by atoms with Gasteiger partial charge in [0.1, 0.15) is 0 Å². The number of fused-ring (bicyclic) bond motifs is 1. The molecule has 1 fully saturated rings. The summed E-state index contributed by atoms with van der Waals surface area (Å²) in [6, 6.07) is 12.9. The van der Waals surface area contributed by atoms with Crippen LogP contribution in [0.1, 0.15) is 25.0 Å². The second-order valence-electron chi connectivity index (χ2n) is 8.03. The molecule has 0 aromatic heterocycles. The van der Waals surface area contributed by atoms with Gasteiger partial charge in [0.25, 0.3) is 0 Å². The lowest BCUT2D eigenvalue weighted by Crippen LogP contribution is -2.50. The molecule has 1 saturated heterocycles. The van der Waals surface area contributed by atoms with Crippen molar-refractivity contribution in [3.8, 4) is 0 Å². The third-order valence-electron chi connectivity index (χ3n) is 6.16. The molecule has 0 aliphatic carbocycles. The van der Waals surface area contributed by atoms with Gasteiger partial charge in [-0.1, -0.05) is 41.4 Å². The van der Waals surface area contributed by atoms with Crippen LogP contribution in [-0.4, -0.2) is 49.6 Å². The molecule has 2 aromatic carbocycles. The first-order valence-electron chi connectivity index (χ1n) is 10.3. The van der Waals surface area contributed by atoms with E-state index in [1.807, 2.05) is 23.1 Å². The average Bonchev–Trinajstić information content (AvgIpc) is 3.14. The highest BCUT2D eigenvalue weighted by molar-refractivity contribution is 6.43. The lowest BCUT2D eigenvalue weighted by Gasteiger charge is -2.39. The molecule has 1 unspecified atom stereocenters. The van der Waals surface area contributed by atoms with Gasteiger partial charge in [-0.05, 0) is 49.1 Å². The molecule has 4 rings (SSSR count). The number of benzene rings is 2. The van der Waals surface area contributed by atoms with Gasteiger partial charge in [0.05, 0.1) is 15.7 Å². The molecule has 0 radical (unpaired) electrons. The van der Waals surface area contributed by atoms with Crippen molar-refractivity contribution in [3.63, 3.8) is 0 Å². The molecule has 1 atom stereocenters. The first-order valence-corrected chi connectivity index (χ1v) is 11.0. The van der Waals surface area contributed by atoms with Gasteiger partial charge in [0, 0.05) is 51.4 Å². The third kappa shape index (κ3) is 4.72. The van der Waals surface area contributed by atoms with Crippen LogP contribution in [0.3, 0.4) is 0 Å². The van der Waals surface area contributed by atoms with Crippen molar-refractivity contribution in [2.45, 2.75) is 32.7 Å². The fourth-order valence-corrected chi connectivity index (χ4v) is 4.93. The van der Waals surface area contributed by atoms with Crippen LogP contribution in [0.4, 0.5) is 11.4 Å². The van der Waals surface area contributed by atoms with Gasteiger partial charge >= 0.3 is 0 Å². The highest BCUT2D eigenvalue weighted by Gasteiger charge is 2.25. The molecular weight excluding hydrogens is 441 g/mol. The number of piperazine rings is 1. The topological polar surface area (TPSA) is 26.8 Å². The van der Waals surface area contributed by atoms with Crippen LogP contribution in [-0.2, 0) is 17.6 Å². The summed E-state index contributed by atoms with van der Waals surface area (Å²) < 4.78 is 0. The first kappa shape index (κ1) is 23.2. The molecule has 4 nitrogen and oxygen atoms in total. The largest absolute Gasteiger partial charge is 0.368 e. The lowest BCUT2D eigenvalue weighted by atomic mass is 10.0. The Morgan fingerprint density at radius 3 is 2.47 bits per heavy atom. The molecule has 0 bridgehead atoms. The molecule has 2 aromatic rings. The maximum absolute atomic E-state index is 11.7. The minimum atomic E-state index is 0. The molecule has 7 heteroatoms. The van der Waals surface area contributed by atoms with E-state index in [0.717, 1.165) is 56.9 Å². The monoisotopic (exact) mass is 467 g/mol. The van der Waals surface area contributed by atoms with Gasteiger partial charge in [0.15, 0.2) is 0 Å². The maximum Gasteiger partial charge on any atom is 0.223 e. The fourth-order valence-electron chi connectivity index (χ4n) is 4.52. The van der Waals surface area contributed by atoms with Crippen LogP contribution >= 0.6 is 35.6 Å². The number of nitrogens with zero attached hydrogens (tertiary/aromatic N) is 3. The standard InChI is InChI=1S/C23H27Cl2N3O.ClH/c1-16(14-18-6-7-21-19(15-18)8-9-28(21)17(2)29)26-10-12-27(13-11-26)22-5-3-4-20(24)23(22)25;/h3-7,15-16H,8-14H2,1-2H3;1H. The molecule has 1 amide bonds. The van der Waals surface area contributed by atoms with E-state index in [4.69, 9.17) is 23.2 Å². The fraction of sp³-hybridized carbons (Fsp3) is 0.435. The molecule has 2 aliphatic rings. The Morgan fingerprint density at radius 1 is 1.03 bits per heavy atom. The van der Waals surface area contributed by atoms with Gasteiger partial charge in [-0.2, -0.15) is 0 Å². The SMILES string of the molecule is CC(=O)N1CCc2cc(CC(C)N3CCN(c4cccc(Cl)c4Cl)CC3)ccc21.Cl. The highest BCUT2D eigenvalue weighted by Crippen LogP contribution is 2.33. The van der Waals surface area contributed by atoms with Crippen molar-refractivity contribution in [1.29, 1.82) is 0 Å². The van der Waals surface area contributed by atoms with E-state index >= 15 is 0 Å². The number of rotatable bonds is 4. The summed E-state index contributed by atoms with van der Waals surface area (Å²) in [5.74, 6) is 0.127. The molecule has 0 N–H and O–H groups in total. The average molecular weight is 469 g/mol. The molecular formula is C23H28Cl3N3O. The highest BCUT2D eigenvalue weighted by atomic mass is 35.5. The Labute approximate surface area is 195 Å². The number of anilines is 2. The lowest BCUT2D eigenvalue weighted by molar-refractivity contribution is -0.116. The zero-order valence-electron chi connectivity index (χ0n) is 17.4. The summed E-state index contributed by atoms with van der Waals surface area (Å²) in [6.07, 6.45) is 1.97. The van der Waals surface area contributed by atoms with Gasteiger partial charge in [-0.15, -0.1) is 12.4 Å². The van der Waals surface area contributed by atoms with E-state index in [-0.39, 0.29) is 18.3 Å². The predicted octanol–water partition coefficient (Wildman–Crippen LogP) is 5.08. The van der Waals surface area contributed by atoms with Gasteiger partial charge < -0.3 is 9.80 Å². The Hall–Kier alpha value is -1.46. The summed E-state index contributed by atoms with van der Waals surface area (Å²) >= 11 is 12.6. The van der Waals surface area contributed by atoms with Gasteiger partial charge in [-0.3, -0.25) is 9.69 Å². The van der Waals surface area contributed by atoms with E-state index in [0.29, 0.717) is 16.1 Å². The minimum Gasteiger partial charge on any atom is -0.368 e. The summed E-state index contributed by atoms with van der Waals surface area (Å²) in [5.41, 5.74) is 4.76. The van der Waals surface area contributed by atoms with Crippen molar-refractivity contribution in [1.82, 2.24) is 4.90 Å². The summed E-state index contributed by atoms with van der Waals surface area (Å²) in [7, 11) is 0. The van der Waals surface area contributed by atoms with E-state index in [1.165, 1.54) is 11.1 Å². The molecule has 0 saturated carbocycles. The number of carbonyl (C=O) groups is 1. The normalized spacial score (nSPS) is 17.5. The van der Waals surface area contributed by atoms with Crippen molar-refractivity contribution < 1.29 is 4.79 Å². The van der Waals surface area contributed by atoms with Crippen molar-refractivity contribution in [2.24, 2.45) is 0 Å². The van der Waals surface area contributed by atoms with Crippen molar-refractivity contribution >= 4 is 52.9 Å². The molecule has 30 heavy (non-hydrogen) atoms. The Bertz CT molecular complexity index is 913. The predicted molar refractivity (Wildman–Crippen MR) is 129 cm³/mol. The summed E-state index contributed by atoms with van der Waals surface area (Å²) in [5, 5.41) is 1.26. The van der Waals surface area contributed by atoms with Gasteiger partial charge in [-0.25, -0.2) is 0 Å². The summed E-state index contributed by atoms with van der Waals surface area (Å²) in [4.78, 5) is 18.5. The summed E-state index contributed by atoms with van der Waals surface area (Å²) in [6.45, 7) is 8.65. The van der Waals surface area contributed by atoms with Crippen molar-refractivity contribution in [2.75, 3.05) is 42.5 Å². The number of hydrogen-bond acceptors (Lipinski definition) is 3. The van der Waals surface area contributed by atoms with Crippen LogP contribution in [0.25, 0.3) is 0 Å².